The second kappa shape index (κ2) is 4.68. The molecule has 22 heavy (non-hydrogen) atoms. The maximum absolute atomic E-state index is 13.3. The zero-order valence-corrected chi connectivity index (χ0v) is 13.4. The number of imidazole rings is 1. The molecule has 4 rings (SSSR count). The van der Waals surface area contributed by atoms with E-state index < -0.39 is 5.92 Å². The van der Waals surface area contributed by atoms with Gasteiger partial charge in [0, 0.05) is 6.92 Å². The standard InChI is InChI=1S/C13H7ClF2N4S2/c1-13(15,16)11-19-20-5-7(17-12(20)22-11)10-18-9-6(14)3-2-4-8(9)21-10/h2-5H,1H3. The van der Waals surface area contributed by atoms with Gasteiger partial charge in [-0.05, 0) is 12.1 Å². The molecule has 0 bridgehead atoms. The molecule has 0 aliphatic carbocycles. The average Bonchev–Trinajstić information content (AvgIpc) is 3.09. The first-order valence-corrected chi connectivity index (χ1v) is 8.23. The molecule has 9 heteroatoms. The van der Waals surface area contributed by atoms with Crippen molar-refractivity contribution in [2.45, 2.75) is 12.8 Å². The number of fused-ring (bicyclic) bond motifs is 2. The van der Waals surface area contributed by atoms with Crippen molar-refractivity contribution in [1.82, 2.24) is 19.6 Å². The third-order valence-corrected chi connectivity index (χ3v) is 5.45. The molecule has 0 N–H and O–H groups in total. The van der Waals surface area contributed by atoms with Crippen LogP contribution in [0.25, 0.3) is 25.9 Å². The first-order chi connectivity index (χ1) is 10.4. The first kappa shape index (κ1) is 14.0. The van der Waals surface area contributed by atoms with Crippen molar-refractivity contribution in [2.75, 3.05) is 0 Å². The van der Waals surface area contributed by atoms with E-state index in [0.717, 1.165) is 23.0 Å². The fourth-order valence-corrected chi connectivity index (χ4v) is 4.04. The van der Waals surface area contributed by atoms with Gasteiger partial charge in [0.1, 0.15) is 16.2 Å². The number of para-hydroxylation sites is 1. The van der Waals surface area contributed by atoms with Crippen LogP contribution >= 0.6 is 34.3 Å². The number of hydrogen-bond acceptors (Lipinski definition) is 5. The van der Waals surface area contributed by atoms with E-state index in [1.807, 2.05) is 12.1 Å². The predicted molar refractivity (Wildman–Crippen MR) is 84.1 cm³/mol. The van der Waals surface area contributed by atoms with Crippen molar-refractivity contribution in [3.63, 3.8) is 0 Å². The van der Waals surface area contributed by atoms with Crippen LogP contribution in [0.3, 0.4) is 0 Å². The second-order valence-electron chi connectivity index (χ2n) is 4.75. The molecule has 1 aromatic carbocycles. The quantitative estimate of drug-likeness (QED) is 0.516. The number of thiazole rings is 1. The van der Waals surface area contributed by atoms with Crippen LogP contribution in [0.15, 0.2) is 24.4 Å². The van der Waals surface area contributed by atoms with E-state index in [9.17, 15) is 8.78 Å². The van der Waals surface area contributed by atoms with Crippen molar-refractivity contribution in [3.8, 4) is 10.7 Å². The van der Waals surface area contributed by atoms with Gasteiger partial charge in [-0.15, -0.1) is 11.3 Å². The van der Waals surface area contributed by atoms with E-state index in [2.05, 4.69) is 15.1 Å². The van der Waals surface area contributed by atoms with Gasteiger partial charge in [0.25, 0.3) is 5.92 Å². The van der Waals surface area contributed by atoms with Gasteiger partial charge in [-0.2, -0.15) is 13.9 Å². The minimum absolute atomic E-state index is 0.256. The highest BCUT2D eigenvalue weighted by Crippen LogP contribution is 2.35. The van der Waals surface area contributed by atoms with Gasteiger partial charge in [0.15, 0.2) is 5.01 Å². The van der Waals surface area contributed by atoms with Gasteiger partial charge in [-0.1, -0.05) is 29.0 Å². The number of halogens is 3. The molecule has 3 heterocycles. The van der Waals surface area contributed by atoms with Crippen LogP contribution in [-0.4, -0.2) is 19.6 Å². The molecule has 0 saturated carbocycles. The Kier molecular flexibility index (Phi) is 2.97. The molecular weight excluding hydrogens is 350 g/mol. The predicted octanol–water partition coefficient (Wildman–Crippen LogP) is 4.83. The molecule has 0 atom stereocenters. The minimum Gasteiger partial charge on any atom is -0.233 e. The van der Waals surface area contributed by atoms with Gasteiger partial charge in [-0.3, -0.25) is 0 Å². The van der Waals surface area contributed by atoms with E-state index in [0.29, 0.717) is 26.2 Å². The third-order valence-electron chi connectivity index (χ3n) is 3.01. The van der Waals surface area contributed by atoms with Crippen molar-refractivity contribution in [1.29, 1.82) is 0 Å². The van der Waals surface area contributed by atoms with Gasteiger partial charge in [-0.25, -0.2) is 14.5 Å². The fourth-order valence-electron chi connectivity index (χ4n) is 2.01. The molecule has 0 aliphatic rings. The number of rotatable bonds is 2. The van der Waals surface area contributed by atoms with Gasteiger partial charge in [0.2, 0.25) is 4.96 Å². The van der Waals surface area contributed by atoms with Crippen molar-refractivity contribution >= 4 is 49.5 Å². The number of hydrogen-bond donors (Lipinski definition) is 0. The normalized spacial score (nSPS) is 12.5. The molecule has 0 radical (unpaired) electrons. The number of nitrogens with zero attached hydrogens (tertiary/aromatic N) is 4. The Balaban J connectivity index is 1.82. The number of alkyl halides is 2. The highest BCUT2D eigenvalue weighted by Gasteiger charge is 2.30. The topological polar surface area (TPSA) is 43.1 Å². The minimum atomic E-state index is -2.96. The van der Waals surface area contributed by atoms with Crippen LogP contribution in [0.1, 0.15) is 11.9 Å². The van der Waals surface area contributed by atoms with Gasteiger partial charge < -0.3 is 0 Å². The van der Waals surface area contributed by atoms with E-state index in [1.165, 1.54) is 15.9 Å². The SMILES string of the molecule is CC(F)(F)c1nn2cc(-c3nc4c(Cl)cccc4s3)nc2s1. The summed E-state index contributed by atoms with van der Waals surface area (Å²) >= 11 is 8.43. The van der Waals surface area contributed by atoms with E-state index in [1.54, 1.807) is 12.3 Å². The lowest BCUT2D eigenvalue weighted by atomic mass is 10.3. The Hall–Kier alpha value is -1.64. The molecule has 3 aromatic heterocycles. The highest BCUT2D eigenvalue weighted by molar-refractivity contribution is 7.21. The largest absolute Gasteiger partial charge is 0.298 e. The van der Waals surface area contributed by atoms with Crippen molar-refractivity contribution < 1.29 is 8.78 Å². The van der Waals surface area contributed by atoms with E-state index in [4.69, 9.17) is 11.6 Å². The Bertz CT molecular complexity index is 967. The highest BCUT2D eigenvalue weighted by atomic mass is 35.5. The van der Waals surface area contributed by atoms with Gasteiger partial charge >= 0.3 is 0 Å². The van der Waals surface area contributed by atoms with Gasteiger partial charge in [0.05, 0.1) is 15.9 Å². The lowest BCUT2D eigenvalue weighted by molar-refractivity contribution is 0.0163. The summed E-state index contributed by atoms with van der Waals surface area (Å²) in [5.41, 5.74) is 1.32. The molecule has 112 valence electrons. The van der Waals surface area contributed by atoms with Crippen LogP contribution in [0, 0.1) is 0 Å². The molecule has 0 unspecified atom stereocenters. The lowest BCUT2D eigenvalue weighted by Crippen LogP contribution is -2.06. The molecule has 4 nitrogen and oxygen atoms in total. The zero-order valence-electron chi connectivity index (χ0n) is 11.0. The van der Waals surface area contributed by atoms with Crippen LogP contribution < -0.4 is 0 Å². The third kappa shape index (κ3) is 2.18. The summed E-state index contributed by atoms with van der Waals surface area (Å²) in [6.07, 6.45) is 1.60. The Morgan fingerprint density at radius 1 is 1.23 bits per heavy atom. The smallest absolute Gasteiger partial charge is 0.233 e. The summed E-state index contributed by atoms with van der Waals surface area (Å²) in [4.78, 5) is 9.21. The maximum Gasteiger partial charge on any atom is 0.298 e. The molecule has 4 aromatic rings. The maximum atomic E-state index is 13.3. The summed E-state index contributed by atoms with van der Waals surface area (Å²) in [6.45, 7) is 0.821. The van der Waals surface area contributed by atoms with Crippen LogP contribution in [0.4, 0.5) is 8.78 Å². The molecule has 0 aliphatic heterocycles. The molecule has 0 saturated heterocycles. The number of aromatic nitrogens is 4. The lowest BCUT2D eigenvalue weighted by Gasteiger charge is -2.02. The van der Waals surface area contributed by atoms with Crippen molar-refractivity contribution in [3.05, 3.63) is 34.4 Å². The van der Waals surface area contributed by atoms with Crippen molar-refractivity contribution in [2.24, 2.45) is 0 Å². The summed E-state index contributed by atoms with van der Waals surface area (Å²) in [7, 11) is 0. The summed E-state index contributed by atoms with van der Waals surface area (Å²) < 4.78 is 28.8. The Morgan fingerprint density at radius 2 is 2.05 bits per heavy atom. The van der Waals surface area contributed by atoms with E-state index >= 15 is 0 Å². The van der Waals surface area contributed by atoms with Crippen LogP contribution in [0.2, 0.25) is 5.02 Å². The molecular formula is C13H7ClF2N4S2. The molecule has 0 fully saturated rings. The fraction of sp³-hybridized carbons (Fsp3) is 0.154. The van der Waals surface area contributed by atoms with Crippen LogP contribution in [0.5, 0.6) is 0 Å². The van der Waals surface area contributed by atoms with E-state index in [-0.39, 0.29) is 5.01 Å². The summed E-state index contributed by atoms with van der Waals surface area (Å²) in [5, 5.41) is 4.88. The summed E-state index contributed by atoms with van der Waals surface area (Å²) in [6, 6.07) is 5.56. The zero-order chi connectivity index (χ0) is 15.5. The molecule has 0 amide bonds. The Morgan fingerprint density at radius 3 is 2.73 bits per heavy atom. The first-order valence-electron chi connectivity index (χ1n) is 6.22. The molecule has 0 spiro atoms. The Labute approximate surface area is 136 Å². The average molecular weight is 357 g/mol. The monoisotopic (exact) mass is 356 g/mol. The number of benzene rings is 1. The summed E-state index contributed by atoms with van der Waals surface area (Å²) in [5.74, 6) is -2.96. The second-order valence-corrected chi connectivity index (χ2v) is 7.15. The van der Waals surface area contributed by atoms with Crippen LogP contribution in [-0.2, 0) is 5.92 Å².